The van der Waals surface area contributed by atoms with E-state index in [0.717, 1.165) is 10.1 Å². The van der Waals surface area contributed by atoms with Gasteiger partial charge >= 0.3 is 0 Å². The molecule has 34 heavy (non-hydrogen) atoms. The first-order valence-corrected chi connectivity index (χ1v) is 11.3. The lowest BCUT2D eigenvalue weighted by Gasteiger charge is -2.16. The van der Waals surface area contributed by atoms with E-state index < -0.39 is 20.5 Å². The van der Waals surface area contributed by atoms with Crippen LogP contribution in [0.4, 0.5) is 16.0 Å². The quantitative estimate of drug-likeness (QED) is 0.190. The minimum atomic E-state index is -4.97. The van der Waals surface area contributed by atoms with Crippen LogP contribution in [-0.2, 0) is 22.2 Å². The minimum absolute atomic E-state index is 0.0589. The van der Waals surface area contributed by atoms with Crippen LogP contribution in [-0.4, -0.2) is 15.0 Å². The zero-order valence-corrected chi connectivity index (χ0v) is 18.4. The number of hydrogen-bond donors (Lipinski definition) is 3. The van der Waals surface area contributed by atoms with Gasteiger partial charge in [-0.05, 0) is 29.8 Å². The number of hydrogen-bond acceptors (Lipinski definition) is 9. The maximum Gasteiger partial charge on any atom is 0.268 e. The smallest absolute Gasteiger partial charge is 0.268 e. The molecule has 11 nitrogen and oxygen atoms in total. The third kappa shape index (κ3) is 5.74. The summed E-state index contributed by atoms with van der Waals surface area (Å²) in [5.41, 5.74) is 13.8. The van der Waals surface area contributed by atoms with E-state index in [1.165, 1.54) is 18.2 Å². The number of halogens is 1. The van der Waals surface area contributed by atoms with Gasteiger partial charge in [-0.25, -0.2) is 4.57 Å². The number of nitrogen functional groups attached to an aromatic ring is 2. The molecule has 0 aliphatic heterocycles. The van der Waals surface area contributed by atoms with Gasteiger partial charge < -0.3 is 30.5 Å². The summed E-state index contributed by atoms with van der Waals surface area (Å²) in [5, 5.41) is 4.05. The van der Waals surface area contributed by atoms with Crippen molar-refractivity contribution in [3.05, 3.63) is 77.9 Å². The van der Waals surface area contributed by atoms with Crippen LogP contribution in [0.3, 0.4) is 0 Å². The molecule has 4 rings (SSSR count). The fraction of sp³-hybridized carbons (Fsp3) is 0.0952. The molecule has 176 valence electrons. The molecule has 5 N–H and O–H groups in total. The number of benzene rings is 1. The summed E-state index contributed by atoms with van der Waals surface area (Å²) in [4.78, 5) is 23.4. The second-order valence-electron chi connectivity index (χ2n) is 7.12. The summed E-state index contributed by atoms with van der Waals surface area (Å²) in [6, 6.07) is 16.1. The van der Waals surface area contributed by atoms with Gasteiger partial charge in [-0.15, -0.1) is 0 Å². The lowest BCUT2D eigenvalue weighted by Crippen LogP contribution is -2.41. The third-order valence-corrected chi connectivity index (χ3v) is 5.14. The van der Waals surface area contributed by atoms with Crippen LogP contribution in [0.5, 0.6) is 11.6 Å². The number of ether oxygens (including phenoxy) is 1. The standard InChI is InChI=1S/C21H19FN5O6P/c22-18-2-1-3-20(25-18)32-15-6-4-13(5-7-15)10-14-11-17(33-26-14)16-8-9-19(23)27(21(16)24)12-31-34(28,29)30/h1-9,11H,10,12H2,(H5,23,24,26,28,29,30). The predicted octanol–water partition coefficient (Wildman–Crippen LogP) is 2.15. The Morgan fingerprint density at radius 3 is 2.62 bits per heavy atom. The molecule has 1 atom stereocenters. The van der Waals surface area contributed by atoms with E-state index in [1.807, 2.05) is 12.1 Å². The number of anilines is 2. The molecule has 13 heteroatoms. The van der Waals surface area contributed by atoms with Crippen molar-refractivity contribution >= 4 is 19.5 Å². The topological polar surface area (TPSA) is 174 Å². The monoisotopic (exact) mass is 487 g/mol. The lowest BCUT2D eigenvalue weighted by atomic mass is 10.1. The minimum Gasteiger partial charge on any atom is -0.756 e. The summed E-state index contributed by atoms with van der Waals surface area (Å²) >= 11 is 0. The number of nitrogens with two attached hydrogens (primary N) is 2. The molecule has 0 aliphatic rings. The molecule has 1 unspecified atom stereocenters. The molecule has 0 spiro atoms. The Labute approximate surface area is 192 Å². The molecule has 0 radical (unpaired) electrons. The van der Waals surface area contributed by atoms with Crippen LogP contribution in [0, 0.1) is 5.95 Å². The highest BCUT2D eigenvalue weighted by molar-refractivity contribution is 7.44. The first kappa shape index (κ1) is 23.3. The second-order valence-corrected chi connectivity index (χ2v) is 8.31. The Kier molecular flexibility index (Phi) is 6.57. The Bertz CT molecular complexity index is 1360. The summed E-state index contributed by atoms with van der Waals surface area (Å²) < 4.78 is 40.6. The Hall–Kier alpha value is -3.83. The van der Waals surface area contributed by atoms with Gasteiger partial charge in [0.25, 0.3) is 7.82 Å². The van der Waals surface area contributed by atoms with Crippen LogP contribution in [0.2, 0.25) is 0 Å². The third-order valence-electron chi connectivity index (χ3n) is 4.69. The highest BCUT2D eigenvalue weighted by Gasteiger charge is 2.19. The summed E-state index contributed by atoms with van der Waals surface area (Å²) in [5.74, 6) is 0.514. The SMILES string of the molecule is Nc1ccc(-c2cc(Cc3ccc(Oc4cccc(F)n4)cc3)no2)c(N)[n+]1COP(=O)([O-])O. The van der Waals surface area contributed by atoms with Gasteiger partial charge in [-0.3, -0.25) is 9.09 Å². The average Bonchev–Trinajstić information content (AvgIpc) is 3.22. The van der Waals surface area contributed by atoms with E-state index in [2.05, 4.69) is 14.7 Å². The van der Waals surface area contributed by atoms with Gasteiger partial charge in [0, 0.05) is 24.6 Å². The molecule has 3 aromatic heterocycles. The largest absolute Gasteiger partial charge is 0.756 e. The van der Waals surface area contributed by atoms with E-state index >= 15 is 0 Å². The van der Waals surface area contributed by atoms with Crippen molar-refractivity contribution < 1.29 is 37.1 Å². The van der Waals surface area contributed by atoms with E-state index in [-0.39, 0.29) is 17.5 Å². The first-order valence-electron chi connectivity index (χ1n) is 9.79. The zero-order valence-electron chi connectivity index (χ0n) is 17.5. The fourth-order valence-corrected chi connectivity index (χ4v) is 3.35. The average molecular weight is 487 g/mol. The van der Waals surface area contributed by atoms with Crippen LogP contribution in [0.15, 0.2) is 65.2 Å². The molecule has 4 aromatic rings. The molecular weight excluding hydrogens is 468 g/mol. The number of phosphoric acid groups is 1. The zero-order chi connectivity index (χ0) is 24.3. The van der Waals surface area contributed by atoms with Gasteiger partial charge in [0.1, 0.15) is 5.75 Å². The predicted molar refractivity (Wildman–Crippen MR) is 115 cm³/mol. The molecule has 0 bridgehead atoms. The van der Waals surface area contributed by atoms with Gasteiger partial charge in [-0.2, -0.15) is 9.37 Å². The Morgan fingerprint density at radius 2 is 1.91 bits per heavy atom. The number of pyridine rings is 2. The maximum atomic E-state index is 13.2. The second kappa shape index (κ2) is 9.57. The van der Waals surface area contributed by atoms with Crippen molar-refractivity contribution in [1.82, 2.24) is 10.1 Å². The number of phosphoric ester groups is 1. The van der Waals surface area contributed by atoms with E-state index in [9.17, 15) is 13.8 Å². The van der Waals surface area contributed by atoms with Gasteiger partial charge in [0.15, 0.2) is 12.5 Å². The van der Waals surface area contributed by atoms with E-state index in [0.29, 0.717) is 29.2 Å². The van der Waals surface area contributed by atoms with Crippen LogP contribution >= 0.6 is 7.82 Å². The molecule has 1 aromatic carbocycles. The number of nitrogens with zero attached hydrogens (tertiary/aromatic N) is 3. The molecule has 0 aliphatic carbocycles. The molecule has 3 heterocycles. The molecule has 0 fully saturated rings. The summed E-state index contributed by atoms with van der Waals surface area (Å²) in [6.45, 7) is -0.608. The van der Waals surface area contributed by atoms with E-state index in [4.69, 9.17) is 25.6 Å². The molecular formula is C21H19FN5O6P. The molecule has 0 saturated heterocycles. The molecule has 0 amide bonds. The van der Waals surface area contributed by atoms with Crippen molar-refractivity contribution in [3.8, 4) is 23.0 Å². The normalized spacial score (nSPS) is 12.9. The number of aromatic nitrogens is 3. The van der Waals surface area contributed by atoms with Crippen molar-refractivity contribution in [2.45, 2.75) is 13.2 Å². The van der Waals surface area contributed by atoms with E-state index in [1.54, 1.807) is 30.3 Å². The van der Waals surface area contributed by atoms with Crippen molar-refractivity contribution in [1.29, 1.82) is 0 Å². The molecule has 0 saturated carbocycles. The van der Waals surface area contributed by atoms with Crippen molar-refractivity contribution in [2.24, 2.45) is 0 Å². The Balaban J connectivity index is 1.47. The van der Waals surface area contributed by atoms with Crippen molar-refractivity contribution in [3.63, 3.8) is 0 Å². The lowest BCUT2D eigenvalue weighted by molar-refractivity contribution is -0.699. The number of rotatable bonds is 8. The highest BCUT2D eigenvalue weighted by atomic mass is 31.2. The first-order chi connectivity index (χ1) is 16.2. The van der Waals surface area contributed by atoms with Crippen LogP contribution < -0.4 is 25.7 Å². The van der Waals surface area contributed by atoms with Crippen LogP contribution in [0.1, 0.15) is 11.3 Å². The van der Waals surface area contributed by atoms with Gasteiger partial charge in [0.05, 0.1) is 11.3 Å². The van der Waals surface area contributed by atoms with Crippen molar-refractivity contribution in [2.75, 3.05) is 11.5 Å². The van der Waals surface area contributed by atoms with Gasteiger partial charge in [-0.1, -0.05) is 23.4 Å². The summed E-state index contributed by atoms with van der Waals surface area (Å²) in [6.07, 6.45) is 0.434. The highest BCUT2D eigenvalue weighted by Crippen LogP contribution is 2.31. The maximum absolute atomic E-state index is 13.2. The van der Waals surface area contributed by atoms with Crippen LogP contribution in [0.25, 0.3) is 11.3 Å². The Morgan fingerprint density at radius 1 is 1.15 bits per heavy atom. The van der Waals surface area contributed by atoms with Gasteiger partial charge in [0.2, 0.25) is 23.5 Å². The summed E-state index contributed by atoms with van der Waals surface area (Å²) in [7, 11) is -4.97. The fourth-order valence-electron chi connectivity index (χ4n) is 3.09.